The molecule has 0 saturated carbocycles. The van der Waals surface area contributed by atoms with Gasteiger partial charge < -0.3 is 15.4 Å². The quantitative estimate of drug-likeness (QED) is 0.680. The van der Waals surface area contributed by atoms with Gasteiger partial charge in [-0.15, -0.1) is 12.3 Å². The molecule has 0 aromatic carbocycles. The number of terminal acetylenes is 1. The third kappa shape index (κ3) is 3.92. The number of aryl methyl sites for hydroxylation is 1. The molecule has 1 aromatic heterocycles. The number of carboxylic acid groups (broad SMARTS) is 1. The van der Waals surface area contributed by atoms with Crippen molar-refractivity contribution in [1.29, 1.82) is 0 Å². The third-order valence-corrected chi connectivity index (χ3v) is 2.82. The summed E-state index contributed by atoms with van der Waals surface area (Å²) in [5.74, 6) is 0.561. The molecule has 7 heteroatoms. The van der Waals surface area contributed by atoms with Gasteiger partial charge in [-0.3, -0.25) is 9.59 Å². The number of carboxylic acids is 1. The number of aromatic amines is 1. The molecule has 1 rings (SSSR count). The first kappa shape index (κ1) is 16.4. The normalized spacial score (nSPS) is 11.8. The molecule has 1 amide bonds. The maximum absolute atomic E-state index is 12.1. The summed E-state index contributed by atoms with van der Waals surface area (Å²) in [6.45, 7) is 5.22. The largest absolute Gasteiger partial charge is 0.480 e. The summed E-state index contributed by atoms with van der Waals surface area (Å²) >= 11 is 0. The van der Waals surface area contributed by atoms with Crippen molar-refractivity contribution in [2.45, 2.75) is 39.2 Å². The maximum Gasteiger partial charge on any atom is 0.327 e. The number of hydrogen-bond acceptors (Lipinski definition) is 4. The van der Waals surface area contributed by atoms with E-state index in [1.807, 2.05) is 13.8 Å². The number of hydrogen-bond donors (Lipinski definition) is 3. The topological polar surface area (TPSA) is 112 Å². The van der Waals surface area contributed by atoms with Gasteiger partial charge in [-0.2, -0.15) is 0 Å². The molecule has 0 aliphatic carbocycles. The number of nitrogens with one attached hydrogen (secondary N) is 2. The van der Waals surface area contributed by atoms with Gasteiger partial charge in [-0.05, 0) is 6.92 Å². The van der Waals surface area contributed by atoms with Gasteiger partial charge >= 0.3 is 5.97 Å². The zero-order valence-electron chi connectivity index (χ0n) is 12.1. The summed E-state index contributed by atoms with van der Waals surface area (Å²) in [6, 6.07) is -1.24. The van der Waals surface area contributed by atoms with Gasteiger partial charge in [0.1, 0.15) is 17.4 Å². The molecule has 1 unspecified atom stereocenters. The van der Waals surface area contributed by atoms with E-state index in [-0.39, 0.29) is 23.6 Å². The number of aromatic nitrogens is 2. The predicted octanol–water partition coefficient (Wildman–Crippen LogP) is 0.408. The number of amides is 1. The fraction of sp³-hybridized carbons (Fsp3) is 0.429. The molecule has 0 saturated heterocycles. The first-order valence-corrected chi connectivity index (χ1v) is 6.35. The molecule has 1 aromatic rings. The SMILES string of the molecule is C#CCC(NC(=O)c1c(C)nc(C(C)C)[nH]c1=O)C(=O)O. The zero-order valence-corrected chi connectivity index (χ0v) is 12.1. The van der Waals surface area contributed by atoms with Crippen LogP contribution in [0.5, 0.6) is 0 Å². The van der Waals surface area contributed by atoms with Gasteiger partial charge in [-0.1, -0.05) is 13.8 Å². The molecule has 1 heterocycles. The number of carbonyl (C=O) groups excluding carboxylic acids is 1. The average Bonchev–Trinajstić information content (AvgIpc) is 2.36. The van der Waals surface area contributed by atoms with Crippen LogP contribution in [-0.2, 0) is 4.79 Å². The van der Waals surface area contributed by atoms with E-state index in [1.165, 1.54) is 6.92 Å². The smallest absolute Gasteiger partial charge is 0.327 e. The van der Waals surface area contributed by atoms with E-state index >= 15 is 0 Å². The highest BCUT2D eigenvalue weighted by atomic mass is 16.4. The molecule has 21 heavy (non-hydrogen) atoms. The Morgan fingerprint density at radius 3 is 2.52 bits per heavy atom. The van der Waals surface area contributed by atoms with Crippen LogP contribution in [0.2, 0.25) is 0 Å². The summed E-state index contributed by atoms with van der Waals surface area (Å²) in [7, 11) is 0. The van der Waals surface area contributed by atoms with Crippen molar-refractivity contribution in [3.63, 3.8) is 0 Å². The molecule has 7 nitrogen and oxygen atoms in total. The van der Waals surface area contributed by atoms with Crippen LogP contribution < -0.4 is 10.9 Å². The Morgan fingerprint density at radius 2 is 2.10 bits per heavy atom. The number of aliphatic carboxylic acids is 1. The van der Waals surface area contributed by atoms with E-state index in [0.717, 1.165) is 0 Å². The molecule has 1 atom stereocenters. The highest BCUT2D eigenvalue weighted by molar-refractivity contribution is 5.97. The maximum atomic E-state index is 12.1. The summed E-state index contributed by atoms with van der Waals surface area (Å²) in [4.78, 5) is 41.6. The van der Waals surface area contributed by atoms with E-state index in [9.17, 15) is 14.4 Å². The zero-order chi connectivity index (χ0) is 16.2. The Balaban J connectivity index is 3.11. The van der Waals surface area contributed by atoms with Crippen LogP contribution in [0.25, 0.3) is 0 Å². The fourth-order valence-corrected chi connectivity index (χ4v) is 1.70. The lowest BCUT2D eigenvalue weighted by Crippen LogP contribution is -2.43. The van der Waals surface area contributed by atoms with Gasteiger partial charge in [0.25, 0.3) is 11.5 Å². The highest BCUT2D eigenvalue weighted by Gasteiger charge is 2.23. The molecule has 0 fully saturated rings. The van der Waals surface area contributed by atoms with Gasteiger partial charge in [0, 0.05) is 12.3 Å². The number of H-pyrrole nitrogens is 1. The monoisotopic (exact) mass is 291 g/mol. The molecular weight excluding hydrogens is 274 g/mol. The third-order valence-electron chi connectivity index (χ3n) is 2.82. The van der Waals surface area contributed by atoms with Gasteiger partial charge in [0.15, 0.2) is 0 Å². The Labute approximate surface area is 121 Å². The summed E-state index contributed by atoms with van der Waals surface area (Å²) in [6.07, 6.45) is 4.88. The average molecular weight is 291 g/mol. The van der Waals surface area contributed by atoms with Crippen LogP contribution in [0.3, 0.4) is 0 Å². The Hall–Kier alpha value is -2.62. The van der Waals surface area contributed by atoms with Crippen molar-refractivity contribution in [2.24, 2.45) is 0 Å². The van der Waals surface area contributed by atoms with Crippen LogP contribution in [0, 0.1) is 19.3 Å². The van der Waals surface area contributed by atoms with Crippen molar-refractivity contribution < 1.29 is 14.7 Å². The standard InChI is InChI=1S/C14H17N3O4/c1-5-6-9(14(20)21)16-12(18)10-8(4)15-11(7(2)3)17-13(10)19/h1,7,9H,6H2,2-4H3,(H,16,18)(H,20,21)(H,15,17,19). The second kappa shape index (κ2) is 6.70. The van der Waals surface area contributed by atoms with Crippen molar-refractivity contribution in [1.82, 2.24) is 15.3 Å². The second-order valence-corrected chi connectivity index (χ2v) is 4.84. The van der Waals surface area contributed by atoms with Gasteiger partial charge in [-0.25, -0.2) is 9.78 Å². The van der Waals surface area contributed by atoms with E-state index < -0.39 is 23.5 Å². The predicted molar refractivity (Wildman–Crippen MR) is 76.0 cm³/mol. The van der Waals surface area contributed by atoms with Crippen LogP contribution >= 0.6 is 0 Å². The number of carbonyl (C=O) groups is 2. The summed E-state index contributed by atoms with van der Waals surface area (Å²) in [5.41, 5.74) is -0.569. The molecule has 0 aliphatic heterocycles. The van der Waals surface area contributed by atoms with Crippen molar-refractivity contribution >= 4 is 11.9 Å². The molecule has 0 bridgehead atoms. The Kier molecular flexibility index (Phi) is 5.24. The van der Waals surface area contributed by atoms with Crippen molar-refractivity contribution in [3.8, 4) is 12.3 Å². The summed E-state index contributed by atoms with van der Waals surface area (Å²) in [5, 5.41) is 11.2. The lowest BCUT2D eigenvalue weighted by molar-refractivity contribution is -0.139. The minimum Gasteiger partial charge on any atom is -0.480 e. The van der Waals surface area contributed by atoms with Crippen molar-refractivity contribution in [2.75, 3.05) is 0 Å². The van der Waals surface area contributed by atoms with E-state index in [0.29, 0.717) is 5.82 Å². The molecular formula is C14H17N3O4. The summed E-state index contributed by atoms with van der Waals surface area (Å²) < 4.78 is 0. The first-order chi connectivity index (χ1) is 9.77. The van der Waals surface area contributed by atoms with Gasteiger partial charge in [0.2, 0.25) is 0 Å². The van der Waals surface area contributed by atoms with E-state index in [2.05, 4.69) is 21.2 Å². The fourth-order valence-electron chi connectivity index (χ4n) is 1.70. The van der Waals surface area contributed by atoms with Gasteiger partial charge in [0.05, 0.1) is 5.69 Å². The molecule has 0 radical (unpaired) electrons. The first-order valence-electron chi connectivity index (χ1n) is 6.35. The van der Waals surface area contributed by atoms with Crippen molar-refractivity contribution in [3.05, 3.63) is 27.4 Å². The van der Waals surface area contributed by atoms with E-state index in [1.54, 1.807) is 0 Å². The Bertz CT molecular complexity index is 655. The minimum absolute atomic E-state index is 0.00159. The second-order valence-electron chi connectivity index (χ2n) is 4.84. The van der Waals surface area contributed by atoms with Crippen LogP contribution in [0.4, 0.5) is 0 Å². The Morgan fingerprint density at radius 1 is 1.48 bits per heavy atom. The van der Waals surface area contributed by atoms with Crippen LogP contribution in [-0.4, -0.2) is 33.0 Å². The highest BCUT2D eigenvalue weighted by Crippen LogP contribution is 2.09. The molecule has 0 spiro atoms. The molecule has 112 valence electrons. The minimum atomic E-state index is -1.26. The van der Waals surface area contributed by atoms with Crippen LogP contribution in [0.1, 0.15) is 48.1 Å². The van der Waals surface area contributed by atoms with Crippen LogP contribution in [0.15, 0.2) is 4.79 Å². The lowest BCUT2D eigenvalue weighted by atomic mass is 10.1. The lowest BCUT2D eigenvalue weighted by Gasteiger charge is -2.13. The molecule has 3 N–H and O–H groups in total. The molecule has 0 aliphatic rings. The number of rotatable bonds is 5. The number of nitrogens with zero attached hydrogens (tertiary/aromatic N) is 1. The van der Waals surface area contributed by atoms with E-state index in [4.69, 9.17) is 11.5 Å².